The largest absolute Gasteiger partial charge is 0.488 e. The van der Waals surface area contributed by atoms with E-state index in [0.29, 0.717) is 18.4 Å². The first-order valence-electron chi connectivity index (χ1n) is 6.80. The number of hydrogen-bond acceptors (Lipinski definition) is 5. The van der Waals surface area contributed by atoms with Crippen LogP contribution in [-0.2, 0) is 11.3 Å². The molecule has 0 spiro atoms. The lowest BCUT2D eigenvalue weighted by atomic mass is 9.99. The summed E-state index contributed by atoms with van der Waals surface area (Å²) in [7, 11) is 0. The molecule has 5 heteroatoms. The Morgan fingerprint density at radius 2 is 2.00 bits per heavy atom. The van der Waals surface area contributed by atoms with Gasteiger partial charge in [0.2, 0.25) is 0 Å². The van der Waals surface area contributed by atoms with Crippen LogP contribution in [0.4, 0.5) is 0 Å². The fraction of sp³-hybridized carbons (Fsp3) is 0.188. The molecule has 0 saturated carbocycles. The molecular weight excluding hydrogens is 264 g/mol. The van der Waals surface area contributed by atoms with Crippen molar-refractivity contribution in [1.82, 2.24) is 5.32 Å². The summed E-state index contributed by atoms with van der Waals surface area (Å²) in [6, 6.07) is 8.07. The zero-order valence-corrected chi connectivity index (χ0v) is 11.8. The Morgan fingerprint density at radius 3 is 2.76 bits per heavy atom. The van der Waals surface area contributed by atoms with Crippen molar-refractivity contribution in [3.8, 4) is 0 Å². The SMILES string of the molecule is Cc1ccc(COC2=CC=CC3N=C(N)NC(N)=C23)cc1. The first-order valence-corrected chi connectivity index (χ1v) is 6.80. The number of hydrogen-bond donors (Lipinski definition) is 3. The molecule has 1 aromatic rings. The highest BCUT2D eigenvalue weighted by molar-refractivity contribution is 5.82. The molecule has 5 nitrogen and oxygen atoms in total. The van der Waals surface area contributed by atoms with Crippen molar-refractivity contribution in [2.45, 2.75) is 19.6 Å². The summed E-state index contributed by atoms with van der Waals surface area (Å²) < 4.78 is 5.91. The molecule has 0 radical (unpaired) electrons. The fourth-order valence-electron chi connectivity index (χ4n) is 2.34. The van der Waals surface area contributed by atoms with E-state index in [0.717, 1.165) is 16.9 Å². The molecule has 0 saturated heterocycles. The van der Waals surface area contributed by atoms with Crippen molar-refractivity contribution in [3.63, 3.8) is 0 Å². The van der Waals surface area contributed by atoms with Crippen LogP contribution in [0.15, 0.2) is 64.6 Å². The van der Waals surface area contributed by atoms with Crippen molar-refractivity contribution in [2.24, 2.45) is 16.5 Å². The number of fused-ring (bicyclic) bond motifs is 1. The maximum absolute atomic E-state index is 6.01. The number of guanidine groups is 1. The third-order valence-electron chi connectivity index (χ3n) is 3.45. The Bertz CT molecular complexity index is 668. The first kappa shape index (κ1) is 13.3. The summed E-state index contributed by atoms with van der Waals surface area (Å²) in [4.78, 5) is 4.31. The minimum Gasteiger partial charge on any atom is -0.488 e. The molecule has 1 atom stereocenters. The highest BCUT2D eigenvalue weighted by Gasteiger charge is 2.26. The molecule has 2 aliphatic rings. The number of nitrogens with one attached hydrogen (secondary N) is 1. The monoisotopic (exact) mass is 282 g/mol. The van der Waals surface area contributed by atoms with Crippen LogP contribution < -0.4 is 16.8 Å². The van der Waals surface area contributed by atoms with E-state index in [1.807, 2.05) is 18.2 Å². The maximum atomic E-state index is 6.01. The van der Waals surface area contributed by atoms with Gasteiger partial charge in [-0.25, -0.2) is 4.99 Å². The van der Waals surface area contributed by atoms with E-state index in [4.69, 9.17) is 16.2 Å². The normalized spacial score (nSPS) is 20.3. The minimum atomic E-state index is -0.177. The van der Waals surface area contributed by atoms with Crippen molar-refractivity contribution >= 4 is 5.96 Å². The highest BCUT2D eigenvalue weighted by atomic mass is 16.5. The van der Waals surface area contributed by atoms with Crippen LogP contribution >= 0.6 is 0 Å². The molecule has 0 amide bonds. The van der Waals surface area contributed by atoms with Crippen molar-refractivity contribution in [1.29, 1.82) is 0 Å². The predicted octanol–water partition coefficient (Wildman–Crippen LogP) is 1.42. The van der Waals surface area contributed by atoms with E-state index in [-0.39, 0.29) is 6.04 Å². The Morgan fingerprint density at radius 1 is 1.24 bits per heavy atom. The lowest BCUT2D eigenvalue weighted by Crippen LogP contribution is -2.41. The quantitative estimate of drug-likeness (QED) is 0.782. The van der Waals surface area contributed by atoms with Gasteiger partial charge < -0.3 is 21.5 Å². The summed E-state index contributed by atoms with van der Waals surface area (Å²) >= 11 is 0. The molecule has 1 heterocycles. The Kier molecular flexibility index (Phi) is 3.39. The van der Waals surface area contributed by atoms with Crippen LogP contribution in [0.3, 0.4) is 0 Å². The van der Waals surface area contributed by atoms with Crippen LogP contribution in [0.2, 0.25) is 0 Å². The van der Waals surface area contributed by atoms with Gasteiger partial charge in [-0.15, -0.1) is 0 Å². The lowest BCUT2D eigenvalue weighted by molar-refractivity contribution is 0.203. The molecule has 0 fully saturated rings. The number of ether oxygens (including phenoxy) is 1. The average Bonchev–Trinajstić information content (AvgIpc) is 2.46. The standard InChI is InChI=1S/C16H18N4O/c1-10-5-7-11(8-6-10)9-21-13-4-2-3-12-14(13)15(17)20-16(18)19-12/h2-8,12H,9,17H2,1H3,(H3,18,19,20). The molecule has 3 rings (SSSR count). The molecule has 1 aliphatic carbocycles. The van der Waals surface area contributed by atoms with Crippen LogP contribution in [0.5, 0.6) is 0 Å². The van der Waals surface area contributed by atoms with Gasteiger partial charge >= 0.3 is 0 Å². The summed E-state index contributed by atoms with van der Waals surface area (Å²) in [5.41, 5.74) is 14.9. The second-order valence-corrected chi connectivity index (χ2v) is 5.10. The average molecular weight is 282 g/mol. The Balaban J connectivity index is 1.76. The van der Waals surface area contributed by atoms with Crippen LogP contribution in [0.1, 0.15) is 11.1 Å². The van der Waals surface area contributed by atoms with E-state index in [9.17, 15) is 0 Å². The smallest absolute Gasteiger partial charge is 0.195 e. The molecule has 0 aromatic heterocycles. The third kappa shape index (κ3) is 2.76. The van der Waals surface area contributed by atoms with E-state index in [2.05, 4.69) is 41.5 Å². The first-order chi connectivity index (χ1) is 10.1. The Labute approximate surface area is 123 Å². The summed E-state index contributed by atoms with van der Waals surface area (Å²) in [6.07, 6.45) is 5.74. The van der Waals surface area contributed by atoms with Gasteiger partial charge in [-0.05, 0) is 18.6 Å². The molecule has 1 aliphatic heterocycles. The van der Waals surface area contributed by atoms with Gasteiger partial charge in [0.25, 0.3) is 0 Å². The van der Waals surface area contributed by atoms with Crippen molar-refractivity contribution in [2.75, 3.05) is 0 Å². The van der Waals surface area contributed by atoms with Crippen LogP contribution in [0, 0.1) is 6.92 Å². The molecule has 108 valence electrons. The molecular formula is C16H18N4O. The lowest BCUT2D eigenvalue weighted by Gasteiger charge is -2.26. The minimum absolute atomic E-state index is 0.177. The third-order valence-corrected chi connectivity index (χ3v) is 3.45. The topological polar surface area (TPSA) is 85.7 Å². The Hall–Kier alpha value is -2.69. The van der Waals surface area contributed by atoms with Crippen LogP contribution in [0.25, 0.3) is 0 Å². The van der Waals surface area contributed by atoms with Gasteiger partial charge in [0.15, 0.2) is 5.96 Å². The number of nitrogens with zero attached hydrogens (tertiary/aromatic N) is 1. The zero-order chi connectivity index (χ0) is 14.8. The van der Waals surface area contributed by atoms with Crippen LogP contribution in [-0.4, -0.2) is 12.0 Å². The second kappa shape index (κ2) is 5.36. The van der Waals surface area contributed by atoms with E-state index < -0.39 is 0 Å². The van der Waals surface area contributed by atoms with E-state index in [1.165, 1.54) is 5.56 Å². The number of aryl methyl sites for hydroxylation is 1. The number of allylic oxidation sites excluding steroid dienone is 2. The summed E-state index contributed by atoms with van der Waals surface area (Å²) in [5, 5.41) is 2.84. The number of nitrogens with two attached hydrogens (primary N) is 2. The molecule has 1 aromatic carbocycles. The number of aliphatic imine (C=N–C) groups is 1. The van der Waals surface area contributed by atoms with Gasteiger partial charge in [-0.2, -0.15) is 0 Å². The van der Waals surface area contributed by atoms with Gasteiger partial charge in [0, 0.05) is 0 Å². The zero-order valence-electron chi connectivity index (χ0n) is 11.8. The van der Waals surface area contributed by atoms with Crippen molar-refractivity contribution < 1.29 is 4.74 Å². The summed E-state index contributed by atoms with van der Waals surface area (Å²) in [5.74, 6) is 1.54. The molecule has 0 bridgehead atoms. The highest BCUT2D eigenvalue weighted by Crippen LogP contribution is 2.27. The van der Waals surface area contributed by atoms with E-state index in [1.54, 1.807) is 0 Å². The number of benzene rings is 1. The van der Waals surface area contributed by atoms with Gasteiger partial charge in [-0.3, -0.25) is 0 Å². The van der Waals surface area contributed by atoms with Gasteiger partial charge in [-0.1, -0.05) is 42.0 Å². The summed E-state index contributed by atoms with van der Waals surface area (Å²) in [6.45, 7) is 2.55. The number of rotatable bonds is 3. The van der Waals surface area contributed by atoms with E-state index >= 15 is 0 Å². The molecule has 5 N–H and O–H groups in total. The maximum Gasteiger partial charge on any atom is 0.195 e. The van der Waals surface area contributed by atoms with Crippen molar-refractivity contribution in [3.05, 3.63) is 70.8 Å². The van der Waals surface area contributed by atoms with Gasteiger partial charge in [0.1, 0.15) is 24.2 Å². The predicted molar refractivity (Wildman–Crippen MR) is 83.0 cm³/mol. The van der Waals surface area contributed by atoms with Gasteiger partial charge in [0.05, 0.1) is 5.57 Å². The fourth-order valence-corrected chi connectivity index (χ4v) is 2.34. The molecule has 21 heavy (non-hydrogen) atoms. The second-order valence-electron chi connectivity index (χ2n) is 5.10. The molecule has 1 unspecified atom stereocenters.